The number of thiophene rings is 1. The topological polar surface area (TPSA) is 87.7 Å². The average molecular weight is 344 g/mol. The van der Waals surface area contributed by atoms with Gasteiger partial charge in [0.05, 0.1) is 8.81 Å². The van der Waals surface area contributed by atoms with Crippen molar-refractivity contribution >= 4 is 54.8 Å². The quantitative estimate of drug-likeness (QED) is 0.893. The Labute approximate surface area is 108 Å². The molecule has 0 aliphatic rings. The third-order valence-corrected chi connectivity index (χ3v) is 5.82. The van der Waals surface area contributed by atoms with Crippen molar-refractivity contribution in [3.8, 4) is 0 Å². The molecule has 0 saturated heterocycles. The van der Waals surface area contributed by atoms with Gasteiger partial charge in [-0.05, 0) is 22.0 Å². The van der Waals surface area contributed by atoms with Crippen molar-refractivity contribution in [2.24, 2.45) is 0 Å². The Hall–Kier alpha value is -0.640. The van der Waals surface area contributed by atoms with Crippen LogP contribution in [0.25, 0.3) is 0 Å². The van der Waals surface area contributed by atoms with E-state index in [1.807, 2.05) is 0 Å². The molecule has 0 bridgehead atoms. The van der Waals surface area contributed by atoms with Gasteiger partial charge in [0, 0.05) is 0 Å². The largest absolute Gasteiger partial charge is 0.273 e. The number of sulfonamides is 1. The summed E-state index contributed by atoms with van der Waals surface area (Å²) in [5.41, 5.74) is 0. The highest BCUT2D eigenvalue weighted by molar-refractivity contribution is 9.11. The molecule has 2 heterocycles. The molecule has 86 valence electrons. The van der Waals surface area contributed by atoms with Crippen LogP contribution in [0, 0.1) is 0 Å². The van der Waals surface area contributed by atoms with Gasteiger partial charge >= 0.3 is 0 Å². The van der Waals surface area contributed by atoms with Gasteiger partial charge in [-0.2, -0.15) is 10.1 Å². The summed E-state index contributed by atoms with van der Waals surface area (Å²) in [5, 5.41) is 6.27. The third kappa shape index (κ3) is 2.37. The fraction of sp³-hybridized carbons (Fsp3) is 0. The molecule has 16 heavy (non-hydrogen) atoms. The molecule has 0 saturated carbocycles. The number of H-pyrrole nitrogens is 1. The lowest BCUT2D eigenvalue weighted by Crippen LogP contribution is -2.12. The van der Waals surface area contributed by atoms with Crippen LogP contribution in [0.15, 0.2) is 20.4 Å². The molecule has 0 aliphatic carbocycles. The van der Waals surface area contributed by atoms with Crippen LogP contribution < -0.4 is 4.72 Å². The molecule has 0 radical (unpaired) electrons. The van der Waals surface area contributed by atoms with Crippen molar-refractivity contribution in [3.63, 3.8) is 0 Å². The maximum absolute atomic E-state index is 11.8. The summed E-state index contributed by atoms with van der Waals surface area (Å²) in [6, 6.07) is 1.36. The van der Waals surface area contributed by atoms with Gasteiger partial charge in [0.25, 0.3) is 10.0 Å². The standard InChI is InChI=1S/C6H4BrClN4O2S2/c7-5-3(8)1-4(15-5)16(13,14)12-6-9-2-10-11-6/h1-2H,(H2,9,10,11,12). The molecule has 2 rings (SSSR count). The zero-order valence-corrected chi connectivity index (χ0v) is 11.4. The molecule has 2 N–H and O–H groups in total. The first-order chi connectivity index (χ1) is 7.49. The highest BCUT2D eigenvalue weighted by Gasteiger charge is 2.19. The maximum Gasteiger partial charge on any atom is 0.273 e. The Morgan fingerprint density at radius 2 is 2.31 bits per heavy atom. The third-order valence-electron chi connectivity index (χ3n) is 1.53. The zero-order valence-electron chi connectivity index (χ0n) is 7.44. The molecule has 0 unspecified atom stereocenters. The molecule has 2 aromatic rings. The van der Waals surface area contributed by atoms with Crippen LogP contribution in [0.1, 0.15) is 0 Å². The van der Waals surface area contributed by atoms with Crippen LogP contribution in [-0.4, -0.2) is 23.6 Å². The van der Waals surface area contributed by atoms with E-state index in [0.29, 0.717) is 8.81 Å². The molecule has 0 spiro atoms. The number of hydrogen-bond acceptors (Lipinski definition) is 5. The first kappa shape index (κ1) is 11.8. The summed E-state index contributed by atoms with van der Waals surface area (Å²) in [6.45, 7) is 0. The smallest absolute Gasteiger partial charge is 0.247 e. The minimum atomic E-state index is -3.66. The number of anilines is 1. The highest BCUT2D eigenvalue weighted by Crippen LogP contribution is 2.34. The van der Waals surface area contributed by atoms with Gasteiger partial charge < -0.3 is 0 Å². The van der Waals surface area contributed by atoms with E-state index in [9.17, 15) is 8.42 Å². The number of aromatic nitrogens is 3. The van der Waals surface area contributed by atoms with E-state index >= 15 is 0 Å². The summed E-state index contributed by atoms with van der Waals surface area (Å²) in [7, 11) is -3.66. The first-order valence-corrected chi connectivity index (χ1v) is 7.29. The molecular formula is C6H4BrClN4O2S2. The summed E-state index contributed by atoms with van der Waals surface area (Å²) in [5.74, 6) is 0.0562. The van der Waals surface area contributed by atoms with Crippen LogP contribution >= 0.6 is 38.9 Å². The minimum Gasteiger partial charge on any atom is -0.247 e. The summed E-state index contributed by atoms with van der Waals surface area (Å²) in [6.07, 6.45) is 1.20. The van der Waals surface area contributed by atoms with Gasteiger partial charge in [0.15, 0.2) is 0 Å². The number of aromatic amines is 1. The monoisotopic (exact) mass is 342 g/mol. The second-order valence-electron chi connectivity index (χ2n) is 2.63. The van der Waals surface area contributed by atoms with Crippen molar-refractivity contribution in [2.45, 2.75) is 4.21 Å². The van der Waals surface area contributed by atoms with E-state index in [4.69, 9.17) is 11.6 Å². The summed E-state index contributed by atoms with van der Waals surface area (Å²) >= 11 is 9.91. The lowest BCUT2D eigenvalue weighted by molar-refractivity contribution is 0.603. The van der Waals surface area contributed by atoms with Crippen molar-refractivity contribution in [2.75, 3.05) is 4.72 Å². The van der Waals surface area contributed by atoms with Gasteiger partial charge in [-0.15, -0.1) is 11.3 Å². The first-order valence-electron chi connectivity index (χ1n) is 3.82. The van der Waals surface area contributed by atoms with E-state index in [-0.39, 0.29) is 10.2 Å². The predicted octanol–water partition coefficient (Wildman–Crippen LogP) is 2.08. The normalized spacial score (nSPS) is 11.6. The van der Waals surface area contributed by atoms with E-state index in [0.717, 1.165) is 11.3 Å². The maximum atomic E-state index is 11.8. The molecule has 6 nitrogen and oxygen atoms in total. The van der Waals surface area contributed by atoms with E-state index in [1.54, 1.807) is 0 Å². The van der Waals surface area contributed by atoms with Gasteiger partial charge in [0.2, 0.25) is 5.95 Å². The fourth-order valence-corrected chi connectivity index (χ4v) is 4.25. The molecule has 0 aliphatic heterocycles. The molecule has 0 fully saturated rings. The van der Waals surface area contributed by atoms with E-state index in [2.05, 4.69) is 35.8 Å². The lowest BCUT2D eigenvalue weighted by atomic mass is 10.7. The van der Waals surface area contributed by atoms with Crippen LogP contribution in [0.3, 0.4) is 0 Å². The fourth-order valence-electron chi connectivity index (χ4n) is 0.891. The average Bonchev–Trinajstić information content (AvgIpc) is 2.78. The molecule has 0 aromatic carbocycles. The van der Waals surface area contributed by atoms with Gasteiger partial charge in [0.1, 0.15) is 10.5 Å². The van der Waals surface area contributed by atoms with Crippen LogP contribution in [0.4, 0.5) is 5.95 Å². The lowest BCUT2D eigenvalue weighted by Gasteiger charge is -2.00. The van der Waals surface area contributed by atoms with E-state index in [1.165, 1.54) is 12.4 Å². The molecule has 0 amide bonds. The van der Waals surface area contributed by atoms with Crippen LogP contribution in [0.5, 0.6) is 0 Å². The predicted molar refractivity (Wildman–Crippen MR) is 64.2 cm³/mol. The zero-order chi connectivity index (χ0) is 11.8. The van der Waals surface area contributed by atoms with Crippen molar-refractivity contribution in [1.82, 2.24) is 15.2 Å². The Balaban J connectivity index is 2.32. The number of nitrogens with zero attached hydrogens (tertiary/aromatic N) is 2. The van der Waals surface area contributed by atoms with Crippen molar-refractivity contribution in [3.05, 3.63) is 21.2 Å². The Kier molecular flexibility index (Phi) is 3.19. The minimum absolute atomic E-state index is 0.0562. The number of hydrogen-bond donors (Lipinski definition) is 2. The van der Waals surface area contributed by atoms with Crippen molar-refractivity contribution in [1.29, 1.82) is 0 Å². The number of rotatable bonds is 3. The van der Waals surface area contributed by atoms with Crippen molar-refractivity contribution < 1.29 is 8.42 Å². The van der Waals surface area contributed by atoms with Crippen LogP contribution in [-0.2, 0) is 10.0 Å². The Morgan fingerprint density at radius 1 is 1.56 bits per heavy atom. The Bertz CT molecular complexity index is 575. The van der Waals surface area contributed by atoms with Crippen LogP contribution in [0.2, 0.25) is 5.02 Å². The highest BCUT2D eigenvalue weighted by atomic mass is 79.9. The number of halogens is 2. The summed E-state index contributed by atoms with van der Waals surface area (Å²) in [4.78, 5) is 3.66. The SMILES string of the molecule is O=S(=O)(Nc1ncn[nH]1)c1cc(Cl)c(Br)s1. The summed E-state index contributed by atoms with van der Waals surface area (Å²) < 4.78 is 26.5. The second kappa shape index (κ2) is 4.32. The van der Waals surface area contributed by atoms with Gasteiger partial charge in [-0.25, -0.2) is 18.2 Å². The molecule has 0 atom stereocenters. The Morgan fingerprint density at radius 3 is 2.81 bits per heavy atom. The van der Waals surface area contributed by atoms with E-state index < -0.39 is 10.0 Å². The van der Waals surface area contributed by atoms with Gasteiger partial charge in [-0.3, -0.25) is 0 Å². The second-order valence-corrected chi connectivity index (χ2v) is 7.31. The molecule has 2 aromatic heterocycles. The number of nitrogens with one attached hydrogen (secondary N) is 2. The van der Waals surface area contributed by atoms with Gasteiger partial charge in [-0.1, -0.05) is 11.6 Å². The molecule has 10 heteroatoms. The molecular weight excluding hydrogens is 340 g/mol.